The maximum absolute atomic E-state index is 11.9. The van der Waals surface area contributed by atoms with Gasteiger partial charge in [0.25, 0.3) is 0 Å². The summed E-state index contributed by atoms with van der Waals surface area (Å²) in [5, 5.41) is 0. The quantitative estimate of drug-likeness (QED) is 0.661. The summed E-state index contributed by atoms with van der Waals surface area (Å²) < 4.78 is 35.8. The van der Waals surface area contributed by atoms with Crippen molar-refractivity contribution in [2.45, 2.75) is 64.0 Å². The van der Waals surface area contributed by atoms with Gasteiger partial charge in [0, 0.05) is 6.42 Å². The van der Waals surface area contributed by atoms with E-state index in [2.05, 4.69) is 4.98 Å². The lowest BCUT2D eigenvalue weighted by Crippen LogP contribution is -2.06. The maximum Gasteiger partial charge on any atom is 0.389 e. The zero-order valence-corrected chi connectivity index (χ0v) is 12.3. The molecule has 1 rings (SSSR count). The molecule has 21 heavy (non-hydrogen) atoms. The number of aryl methyl sites for hydroxylation is 1. The van der Waals surface area contributed by atoms with Gasteiger partial charge in [0.15, 0.2) is 0 Å². The van der Waals surface area contributed by atoms with Crippen LogP contribution in [0.4, 0.5) is 24.8 Å². The van der Waals surface area contributed by atoms with Gasteiger partial charge in [-0.05, 0) is 37.0 Å². The first-order valence-electron chi connectivity index (χ1n) is 7.45. The van der Waals surface area contributed by atoms with Gasteiger partial charge >= 0.3 is 6.18 Å². The van der Waals surface area contributed by atoms with E-state index in [1.807, 2.05) is 12.1 Å². The molecule has 0 aromatic carbocycles. The van der Waals surface area contributed by atoms with E-state index in [9.17, 15) is 13.2 Å². The molecule has 1 aromatic heterocycles. The molecule has 120 valence electrons. The molecular formula is C15H24F3N3. The molecule has 0 bridgehead atoms. The molecule has 0 saturated heterocycles. The Hall–Kier alpha value is -1.46. The molecule has 4 N–H and O–H groups in total. The van der Waals surface area contributed by atoms with E-state index >= 15 is 0 Å². The third kappa shape index (κ3) is 9.15. The van der Waals surface area contributed by atoms with Crippen molar-refractivity contribution >= 4 is 11.6 Å². The van der Waals surface area contributed by atoms with Gasteiger partial charge in [-0.15, -0.1) is 0 Å². The number of halogens is 3. The summed E-state index contributed by atoms with van der Waals surface area (Å²) in [6.07, 6.45) is 2.20. The smallest absolute Gasteiger partial charge is 0.384 e. The zero-order valence-electron chi connectivity index (χ0n) is 12.3. The summed E-state index contributed by atoms with van der Waals surface area (Å²) in [7, 11) is 0. The molecule has 1 heterocycles. The van der Waals surface area contributed by atoms with E-state index in [4.69, 9.17) is 11.5 Å². The van der Waals surface area contributed by atoms with E-state index in [1.54, 1.807) is 0 Å². The summed E-state index contributed by atoms with van der Waals surface area (Å²) in [6, 6.07) is 3.65. The number of anilines is 2. The second-order valence-corrected chi connectivity index (χ2v) is 5.42. The van der Waals surface area contributed by atoms with Crippen LogP contribution >= 0.6 is 0 Å². The van der Waals surface area contributed by atoms with E-state index in [1.165, 1.54) is 0 Å². The van der Waals surface area contributed by atoms with Crippen LogP contribution in [0.25, 0.3) is 0 Å². The molecule has 0 amide bonds. The average molecular weight is 303 g/mol. The molecule has 0 spiro atoms. The van der Waals surface area contributed by atoms with Crippen LogP contribution in [0.1, 0.15) is 56.9 Å². The van der Waals surface area contributed by atoms with Gasteiger partial charge in [0.05, 0.1) is 0 Å². The van der Waals surface area contributed by atoms with Crippen LogP contribution in [0.5, 0.6) is 0 Å². The number of unbranched alkanes of at least 4 members (excludes halogenated alkanes) is 6. The van der Waals surface area contributed by atoms with Gasteiger partial charge in [-0.3, -0.25) is 0 Å². The standard InChI is InChI=1S/C15H24F3N3/c16-15(17,18)9-7-5-3-1-2-4-6-8-12-10-13(19)21-14(20)11-12/h10-11H,1-9H2,(H4,19,20,21). The highest BCUT2D eigenvalue weighted by Crippen LogP contribution is 2.23. The molecule has 0 fully saturated rings. The normalized spacial score (nSPS) is 11.8. The number of pyridine rings is 1. The number of aromatic nitrogens is 1. The van der Waals surface area contributed by atoms with Gasteiger partial charge in [-0.25, -0.2) is 4.98 Å². The van der Waals surface area contributed by atoms with Crippen LogP contribution in [0.15, 0.2) is 12.1 Å². The molecule has 0 aliphatic carbocycles. The molecule has 0 atom stereocenters. The first-order valence-corrected chi connectivity index (χ1v) is 7.45. The fraction of sp³-hybridized carbons (Fsp3) is 0.667. The number of nitrogen functional groups attached to an aromatic ring is 2. The second-order valence-electron chi connectivity index (χ2n) is 5.42. The van der Waals surface area contributed by atoms with Crippen molar-refractivity contribution in [3.63, 3.8) is 0 Å². The number of rotatable bonds is 9. The molecule has 0 saturated carbocycles. The van der Waals surface area contributed by atoms with Crippen LogP contribution in [0.3, 0.4) is 0 Å². The van der Waals surface area contributed by atoms with Gasteiger partial charge in [-0.2, -0.15) is 13.2 Å². The molecule has 0 aliphatic heterocycles. The Balaban J connectivity index is 2.00. The molecule has 0 radical (unpaired) electrons. The largest absolute Gasteiger partial charge is 0.389 e. The molecule has 6 heteroatoms. The lowest BCUT2D eigenvalue weighted by Gasteiger charge is -2.06. The minimum atomic E-state index is -4.01. The fourth-order valence-corrected chi connectivity index (χ4v) is 2.32. The van der Waals surface area contributed by atoms with E-state index in [-0.39, 0.29) is 6.42 Å². The third-order valence-corrected chi connectivity index (χ3v) is 3.35. The number of nitrogens with zero attached hydrogens (tertiary/aromatic N) is 1. The predicted molar refractivity (Wildman–Crippen MR) is 79.8 cm³/mol. The summed E-state index contributed by atoms with van der Waals surface area (Å²) in [5.41, 5.74) is 12.3. The second kappa shape index (κ2) is 8.74. The lowest BCUT2D eigenvalue weighted by molar-refractivity contribution is -0.135. The Kier molecular flexibility index (Phi) is 7.32. The van der Waals surface area contributed by atoms with Crippen LogP contribution in [0, 0.1) is 0 Å². The van der Waals surface area contributed by atoms with Crippen LogP contribution < -0.4 is 11.5 Å². The first-order chi connectivity index (χ1) is 9.87. The third-order valence-electron chi connectivity index (χ3n) is 3.35. The number of hydrogen-bond acceptors (Lipinski definition) is 3. The monoisotopic (exact) mass is 303 g/mol. The van der Waals surface area contributed by atoms with Crippen molar-refractivity contribution < 1.29 is 13.2 Å². The van der Waals surface area contributed by atoms with Gasteiger partial charge < -0.3 is 11.5 Å². The van der Waals surface area contributed by atoms with E-state index in [0.717, 1.165) is 44.1 Å². The van der Waals surface area contributed by atoms with Crippen molar-refractivity contribution in [3.05, 3.63) is 17.7 Å². The molecular weight excluding hydrogens is 279 g/mol. The summed E-state index contributed by atoms with van der Waals surface area (Å²) >= 11 is 0. The Labute approximate surface area is 123 Å². The summed E-state index contributed by atoms with van der Waals surface area (Å²) in [4.78, 5) is 3.91. The zero-order chi connectivity index (χ0) is 15.7. The van der Waals surface area contributed by atoms with Crippen LogP contribution in [-0.4, -0.2) is 11.2 Å². The van der Waals surface area contributed by atoms with E-state index in [0.29, 0.717) is 18.1 Å². The number of alkyl halides is 3. The van der Waals surface area contributed by atoms with Crippen LogP contribution in [-0.2, 0) is 6.42 Å². The summed E-state index contributed by atoms with van der Waals surface area (Å²) in [6.45, 7) is 0. The van der Waals surface area contributed by atoms with Crippen molar-refractivity contribution in [2.24, 2.45) is 0 Å². The molecule has 0 aliphatic rings. The molecule has 0 unspecified atom stereocenters. The minimum absolute atomic E-state index is 0.249. The SMILES string of the molecule is Nc1cc(CCCCCCCCCC(F)(F)F)cc(N)n1. The molecule has 3 nitrogen and oxygen atoms in total. The van der Waals surface area contributed by atoms with E-state index < -0.39 is 12.6 Å². The lowest BCUT2D eigenvalue weighted by atomic mass is 10.0. The van der Waals surface area contributed by atoms with Gasteiger partial charge in [0.1, 0.15) is 11.6 Å². The minimum Gasteiger partial charge on any atom is -0.384 e. The average Bonchev–Trinajstić information content (AvgIpc) is 2.34. The maximum atomic E-state index is 11.9. The highest BCUT2D eigenvalue weighted by molar-refractivity contribution is 5.43. The molecule has 1 aromatic rings. The van der Waals surface area contributed by atoms with Crippen molar-refractivity contribution in [3.8, 4) is 0 Å². The van der Waals surface area contributed by atoms with Gasteiger partial charge in [-0.1, -0.05) is 32.1 Å². The predicted octanol–water partition coefficient (Wildman–Crippen LogP) is 4.47. The topological polar surface area (TPSA) is 64.9 Å². The number of nitrogens with two attached hydrogens (primary N) is 2. The highest BCUT2D eigenvalue weighted by Gasteiger charge is 2.25. The van der Waals surface area contributed by atoms with Crippen molar-refractivity contribution in [2.75, 3.05) is 11.5 Å². The van der Waals surface area contributed by atoms with Crippen LogP contribution in [0.2, 0.25) is 0 Å². The Morgan fingerprint density at radius 1 is 0.810 bits per heavy atom. The fourth-order valence-electron chi connectivity index (χ4n) is 2.32. The Bertz CT molecular complexity index is 399. The van der Waals surface area contributed by atoms with Crippen molar-refractivity contribution in [1.82, 2.24) is 4.98 Å². The highest BCUT2D eigenvalue weighted by atomic mass is 19.4. The Morgan fingerprint density at radius 2 is 1.29 bits per heavy atom. The van der Waals surface area contributed by atoms with Gasteiger partial charge in [0.2, 0.25) is 0 Å². The Morgan fingerprint density at radius 3 is 1.81 bits per heavy atom. The number of hydrogen-bond donors (Lipinski definition) is 2. The first kappa shape index (κ1) is 17.6. The van der Waals surface area contributed by atoms with Crippen molar-refractivity contribution in [1.29, 1.82) is 0 Å². The summed E-state index contributed by atoms with van der Waals surface area (Å²) in [5.74, 6) is 0.879.